The number of hydrogen-bond donors (Lipinski definition) is 2. The van der Waals surface area contributed by atoms with Gasteiger partial charge in [-0.05, 0) is 42.7 Å². The number of halogens is 1. The van der Waals surface area contributed by atoms with Crippen molar-refractivity contribution in [3.05, 3.63) is 58.1 Å². The lowest BCUT2D eigenvalue weighted by molar-refractivity contribution is -0.126. The number of para-hydroxylation sites is 1. The summed E-state index contributed by atoms with van der Waals surface area (Å²) in [6, 6.07) is 13.1. The normalized spacial score (nSPS) is 10.7. The van der Waals surface area contributed by atoms with Crippen molar-refractivity contribution < 1.29 is 14.3 Å². The predicted octanol–water partition coefficient (Wildman–Crippen LogP) is 4.67. The number of rotatable bonds is 10. The molecule has 0 fully saturated rings. The highest BCUT2D eigenvalue weighted by molar-refractivity contribution is 9.10. The fraction of sp³-hybridized carbons (Fsp3) is 0.318. The summed E-state index contributed by atoms with van der Waals surface area (Å²) in [5, 5.41) is 6.73. The van der Waals surface area contributed by atoms with Gasteiger partial charge in [-0.25, -0.2) is 5.43 Å². The van der Waals surface area contributed by atoms with Crippen molar-refractivity contribution >= 4 is 39.6 Å². The van der Waals surface area contributed by atoms with Gasteiger partial charge in [-0.1, -0.05) is 54.4 Å². The lowest BCUT2D eigenvalue weighted by Crippen LogP contribution is -2.25. The van der Waals surface area contributed by atoms with E-state index in [1.807, 2.05) is 49.4 Å². The van der Waals surface area contributed by atoms with E-state index in [2.05, 4.69) is 38.7 Å². The maximum Gasteiger partial charge on any atom is 0.249 e. The standard InChI is InChI=1S/C22H26BrN3O3/c1-3-5-12-29-20-11-10-18(23)13-17(20)15-24-26-22(28)14-21(27)25-19-9-7-6-8-16(19)4-2/h6-11,13,15H,3-5,12,14H2,1-2H3,(H,25,27)(H,26,28). The van der Waals surface area contributed by atoms with Gasteiger partial charge in [-0.15, -0.1) is 0 Å². The summed E-state index contributed by atoms with van der Waals surface area (Å²) < 4.78 is 6.63. The first-order chi connectivity index (χ1) is 14.0. The number of hydrazone groups is 1. The van der Waals surface area contributed by atoms with Gasteiger partial charge in [0.25, 0.3) is 0 Å². The molecule has 0 atom stereocenters. The molecular weight excluding hydrogens is 434 g/mol. The summed E-state index contributed by atoms with van der Waals surface area (Å²) >= 11 is 3.42. The summed E-state index contributed by atoms with van der Waals surface area (Å²) in [6.07, 6.45) is 3.99. The quantitative estimate of drug-likeness (QED) is 0.234. The third kappa shape index (κ3) is 7.69. The molecule has 2 N–H and O–H groups in total. The number of nitrogens with zero attached hydrogens (tertiary/aromatic N) is 1. The molecule has 0 bridgehead atoms. The Morgan fingerprint density at radius 2 is 1.93 bits per heavy atom. The van der Waals surface area contributed by atoms with Crippen LogP contribution in [-0.4, -0.2) is 24.6 Å². The Bertz CT molecular complexity index is 868. The number of unbranched alkanes of at least 4 members (excludes halogenated alkanes) is 1. The highest BCUT2D eigenvalue weighted by Gasteiger charge is 2.11. The highest BCUT2D eigenvalue weighted by atomic mass is 79.9. The van der Waals surface area contributed by atoms with E-state index in [9.17, 15) is 9.59 Å². The van der Waals surface area contributed by atoms with Gasteiger partial charge in [0.15, 0.2) is 0 Å². The van der Waals surface area contributed by atoms with Crippen LogP contribution in [0.25, 0.3) is 0 Å². The molecule has 0 radical (unpaired) electrons. The number of aryl methyl sites for hydroxylation is 1. The van der Waals surface area contributed by atoms with Gasteiger partial charge < -0.3 is 10.1 Å². The zero-order valence-electron chi connectivity index (χ0n) is 16.7. The smallest absolute Gasteiger partial charge is 0.249 e. The molecule has 2 amide bonds. The maximum absolute atomic E-state index is 12.1. The maximum atomic E-state index is 12.1. The second kappa shape index (κ2) is 12.0. The summed E-state index contributed by atoms with van der Waals surface area (Å²) in [5.41, 5.74) is 4.86. The van der Waals surface area contributed by atoms with E-state index in [0.717, 1.165) is 40.5 Å². The van der Waals surface area contributed by atoms with Crippen LogP contribution >= 0.6 is 15.9 Å². The number of amides is 2. The highest BCUT2D eigenvalue weighted by Crippen LogP contribution is 2.22. The predicted molar refractivity (Wildman–Crippen MR) is 119 cm³/mol. The van der Waals surface area contributed by atoms with E-state index < -0.39 is 5.91 Å². The van der Waals surface area contributed by atoms with Crippen molar-refractivity contribution in [2.45, 2.75) is 39.5 Å². The number of carbonyl (C=O) groups is 2. The van der Waals surface area contributed by atoms with Gasteiger partial charge in [0.2, 0.25) is 11.8 Å². The number of hydrogen-bond acceptors (Lipinski definition) is 4. The van der Waals surface area contributed by atoms with E-state index in [-0.39, 0.29) is 12.3 Å². The van der Waals surface area contributed by atoms with Crippen LogP contribution in [0.3, 0.4) is 0 Å². The van der Waals surface area contributed by atoms with Crippen molar-refractivity contribution in [3.63, 3.8) is 0 Å². The molecule has 29 heavy (non-hydrogen) atoms. The lowest BCUT2D eigenvalue weighted by atomic mass is 10.1. The van der Waals surface area contributed by atoms with E-state index in [1.165, 1.54) is 6.21 Å². The molecule has 6 nitrogen and oxygen atoms in total. The SMILES string of the molecule is CCCCOc1ccc(Br)cc1C=NNC(=O)CC(=O)Nc1ccccc1CC. The molecule has 2 rings (SSSR count). The minimum absolute atomic E-state index is 0.312. The largest absolute Gasteiger partial charge is 0.493 e. The molecule has 0 aliphatic carbocycles. The Kier molecular flexibility index (Phi) is 9.37. The Morgan fingerprint density at radius 1 is 1.14 bits per heavy atom. The molecular formula is C22H26BrN3O3. The number of carbonyl (C=O) groups excluding carboxylic acids is 2. The van der Waals surface area contributed by atoms with Crippen LogP contribution in [0.15, 0.2) is 52.0 Å². The number of nitrogens with one attached hydrogen (secondary N) is 2. The van der Waals surface area contributed by atoms with E-state index in [4.69, 9.17) is 4.74 Å². The average molecular weight is 460 g/mol. The number of ether oxygens (including phenoxy) is 1. The van der Waals surface area contributed by atoms with E-state index in [1.54, 1.807) is 0 Å². The molecule has 0 saturated heterocycles. The van der Waals surface area contributed by atoms with Crippen LogP contribution < -0.4 is 15.5 Å². The molecule has 7 heteroatoms. The Labute approximate surface area is 179 Å². The zero-order valence-corrected chi connectivity index (χ0v) is 18.3. The molecule has 0 heterocycles. The second-order valence-corrected chi connectivity index (χ2v) is 7.33. The molecule has 0 aromatic heterocycles. The second-order valence-electron chi connectivity index (χ2n) is 6.41. The van der Waals surface area contributed by atoms with Crippen LogP contribution in [0.4, 0.5) is 5.69 Å². The topological polar surface area (TPSA) is 79.8 Å². The lowest BCUT2D eigenvalue weighted by Gasteiger charge is -2.09. The van der Waals surface area contributed by atoms with Gasteiger partial charge in [0.1, 0.15) is 12.2 Å². The molecule has 2 aromatic carbocycles. The minimum atomic E-state index is -0.490. The van der Waals surface area contributed by atoms with Crippen LogP contribution in [0.5, 0.6) is 5.75 Å². The molecule has 0 spiro atoms. The summed E-state index contributed by atoms with van der Waals surface area (Å²) in [7, 11) is 0. The third-order valence-corrected chi connectivity index (χ3v) is 4.61. The Balaban J connectivity index is 1.90. The minimum Gasteiger partial charge on any atom is -0.493 e. The molecule has 154 valence electrons. The van der Waals surface area contributed by atoms with Crippen molar-refractivity contribution in [2.75, 3.05) is 11.9 Å². The molecule has 0 saturated carbocycles. The Morgan fingerprint density at radius 3 is 2.69 bits per heavy atom. The molecule has 0 unspecified atom stereocenters. The van der Waals surface area contributed by atoms with Gasteiger partial charge in [-0.2, -0.15) is 5.10 Å². The van der Waals surface area contributed by atoms with Crippen LogP contribution in [0.2, 0.25) is 0 Å². The van der Waals surface area contributed by atoms with Crippen molar-refractivity contribution in [3.8, 4) is 5.75 Å². The first-order valence-electron chi connectivity index (χ1n) is 9.65. The first kappa shape index (κ1) is 22.6. The van der Waals surface area contributed by atoms with Crippen molar-refractivity contribution in [1.29, 1.82) is 0 Å². The van der Waals surface area contributed by atoms with Gasteiger partial charge in [0.05, 0.1) is 12.8 Å². The monoisotopic (exact) mass is 459 g/mol. The molecule has 0 aliphatic rings. The van der Waals surface area contributed by atoms with Crippen LogP contribution in [-0.2, 0) is 16.0 Å². The molecule has 0 aliphatic heterocycles. The molecule has 2 aromatic rings. The summed E-state index contributed by atoms with van der Waals surface area (Å²) in [4.78, 5) is 24.1. The van der Waals surface area contributed by atoms with Crippen LogP contribution in [0.1, 0.15) is 44.2 Å². The average Bonchev–Trinajstić information content (AvgIpc) is 2.70. The summed E-state index contributed by atoms with van der Waals surface area (Å²) in [6.45, 7) is 4.72. The van der Waals surface area contributed by atoms with Crippen molar-refractivity contribution in [2.24, 2.45) is 5.10 Å². The first-order valence-corrected chi connectivity index (χ1v) is 10.4. The zero-order chi connectivity index (χ0) is 21.1. The van der Waals surface area contributed by atoms with Crippen molar-refractivity contribution in [1.82, 2.24) is 5.43 Å². The fourth-order valence-corrected chi connectivity index (χ4v) is 2.96. The van der Waals surface area contributed by atoms with Gasteiger partial charge >= 0.3 is 0 Å². The number of benzene rings is 2. The Hall–Kier alpha value is -2.67. The summed E-state index contributed by atoms with van der Waals surface area (Å²) in [5.74, 6) is -0.186. The van der Waals surface area contributed by atoms with E-state index >= 15 is 0 Å². The van der Waals surface area contributed by atoms with Gasteiger partial charge in [-0.3, -0.25) is 9.59 Å². The van der Waals surface area contributed by atoms with E-state index in [0.29, 0.717) is 12.4 Å². The van der Waals surface area contributed by atoms with Gasteiger partial charge in [0, 0.05) is 15.7 Å². The van der Waals surface area contributed by atoms with Crippen LogP contribution in [0, 0.1) is 0 Å². The number of anilines is 1. The third-order valence-electron chi connectivity index (χ3n) is 4.11. The fourth-order valence-electron chi connectivity index (χ4n) is 2.58.